The number of hydrogen-bond acceptors (Lipinski definition) is 5. The van der Waals surface area contributed by atoms with Crippen LogP contribution in [-0.4, -0.2) is 60.6 Å². The molecule has 9 heteroatoms. The van der Waals surface area contributed by atoms with E-state index in [0.717, 1.165) is 48.6 Å². The summed E-state index contributed by atoms with van der Waals surface area (Å²) < 4.78 is 29.7. The molecule has 1 saturated heterocycles. The van der Waals surface area contributed by atoms with Crippen molar-refractivity contribution < 1.29 is 8.78 Å². The number of anilines is 1. The van der Waals surface area contributed by atoms with Crippen molar-refractivity contribution in [1.29, 1.82) is 0 Å². The Bertz CT molecular complexity index is 1230. The number of rotatable bonds is 8. The van der Waals surface area contributed by atoms with E-state index in [1.807, 2.05) is 25.3 Å². The standard InChI is InChI=1S/C26H33F2N7/c1-4-19(14-23-17(2)30-18(3)34(23)16-25(27)28)22-10-13-35-24(22)15-29-26(32-35)31-20-8-11-33(12-9-20)21-6-5-7-21/h4,10,13-15,20-21,25H,1,5-9,11-12,16H2,2-3H3,(H,31,32)/b19-14+. The Labute approximate surface area is 204 Å². The molecule has 1 saturated carbocycles. The highest BCUT2D eigenvalue weighted by Gasteiger charge is 2.29. The lowest BCUT2D eigenvalue weighted by atomic mass is 9.89. The molecule has 1 aliphatic heterocycles. The van der Waals surface area contributed by atoms with Crippen LogP contribution in [0.4, 0.5) is 14.7 Å². The summed E-state index contributed by atoms with van der Waals surface area (Å²) in [5.74, 6) is 1.18. The second-order valence-electron chi connectivity index (χ2n) is 9.62. The molecule has 35 heavy (non-hydrogen) atoms. The number of piperidine rings is 1. The van der Waals surface area contributed by atoms with Crippen molar-refractivity contribution in [1.82, 2.24) is 29.0 Å². The molecule has 3 aromatic rings. The van der Waals surface area contributed by atoms with Crippen molar-refractivity contribution in [3.05, 3.63) is 53.9 Å². The Balaban J connectivity index is 1.35. The number of aromatic nitrogens is 5. The van der Waals surface area contributed by atoms with Gasteiger partial charge in [0, 0.05) is 36.9 Å². The minimum Gasteiger partial charge on any atom is -0.350 e. The first-order valence-electron chi connectivity index (χ1n) is 12.4. The molecule has 4 heterocycles. The SMILES string of the molecule is C=C/C(=C\c1c(C)nc(C)n1CC(F)F)c1ccn2nc(NC3CCN(C4CCC4)CC3)ncc12. The second-order valence-corrected chi connectivity index (χ2v) is 9.62. The lowest BCUT2D eigenvalue weighted by molar-refractivity contribution is 0.101. The number of halogens is 2. The highest BCUT2D eigenvalue weighted by molar-refractivity contribution is 5.92. The van der Waals surface area contributed by atoms with Crippen LogP contribution in [0.25, 0.3) is 17.2 Å². The monoisotopic (exact) mass is 481 g/mol. The summed E-state index contributed by atoms with van der Waals surface area (Å²) in [6.45, 7) is 9.40. The first-order valence-corrected chi connectivity index (χ1v) is 12.4. The number of fused-ring (bicyclic) bond motifs is 1. The summed E-state index contributed by atoms with van der Waals surface area (Å²) in [6.07, 6.45) is 11.1. The molecule has 1 N–H and O–H groups in total. The number of imidazole rings is 1. The quantitative estimate of drug-likeness (QED) is 0.461. The van der Waals surface area contributed by atoms with Crippen molar-refractivity contribution >= 4 is 23.1 Å². The fourth-order valence-electron chi connectivity index (χ4n) is 5.23. The van der Waals surface area contributed by atoms with Crippen LogP contribution >= 0.6 is 0 Å². The van der Waals surface area contributed by atoms with Crippen LogP contribution < -0.4 is 5.32 Å². The normalized spacial score (nSPS) is 18.4. The zero-order valence-corrected chi connectivity index (χ0v) is 20.4. The van der Waals surface area contributed by atoms with Gasteiger partial charge < -0.3 is 14.8 Å². The van der Waals surface area contributed by atoms with E-state index in [0.29, 0.717) is 29.2 Å². The summed E-state index contributed by atoms with van der Waals surface area (Å²) in [6, 6.07) is 3.13. The first kappa shape index (κ1) is 23.7. The molecule has 0 amide bonds. The van der Waals surface area contributed by atoms with Crippen LogP contribution in [0.1, 0.15) is 54.9 Å². The van der Waals surface area contributed by atoms with E-state index in [1.54, 1.807) is 28.3 Å². The number of hydrogen-bond donors (Lipinski definition) is 1. The van der Waals surface area contributed by atoms with E-state index in [9.17, 15) is 8.78 Å². The van der Waals surface area contributed by atoms with Crippen LogP contribution in [0.2, 0.25) is 0 Å². The molecule has 5 rings (SSSR count). The number of allylic oxidation sites excluding steroid dienone is 2. The summed E-state index contributed by atoms with van der Waals surface area (Å²) in [7, 11) is 0. The fraction of sp³-hybridized carbons (Fsp3) is 0.500. The highest BCUT2D eigenvalue weighted by atomic mass is 19.3. The van der Waals surface area contributed by atoms with Gasteiger partial charge in [0.2, 0.25) is 5.95 Å². The lowest BCUT2D eigenvalue weighted by Crippen LogP contribution is -2.47. The summed E-state index contributed by atoms with van der Waals surface area (Å²) >= 11 is 0. The highest BCUT2D eigenvalue weighted by Crippen LogP contribution is 2.29. The molecule has 0 spiro atoms. The van der Waals surface area contributed by atoms with Gasteiger partial charge in [0.15, 0.2) is 0 Å². The van der Waals surface area contributed by atoms with E-state index in [1.165, 1.54) is 19.3 Å². The summed E-state index contributed by atoms with van der Waals surface area (Å²) in [4.78, 5) is 11.6. The third-order valence-corrected chi connectivity index (χ3v) is 7.40. The van der Waals surface area contributed by atoms with E-state index in [2.05, 4.69) is 31.9 Å². The third-order valence-electron chi connectivity index (χ3n) is 7.40. The maximum absolute atomic E-state index is 13.2. The van der Waals surface area contributed by atoms with Gasteiger partial charge in [-0.3, -0.25) is 0 Å². The predicted octanol–water partition coefficient (Wildman–Crippen LogP) is 4.96. The van der Waals surface area contributed by atoms with Gasteiger partial charge in [0.1, 0.15) is 5.82 Å². The molecule has 0 aromatic carbocycles. The average molecular weight is 482 g/mol. The van der Waals surface area contributed by atoms with Crippen molar-refractivity contribution in [2.75, 3.05) is 18.4 Å². The number of likely N-dealkylation sites (tertiary alicyclic amines) is 1. The minimum absolute atomic E-state index is 0.378. The zero-order valence-electron chi connectivity index (χ0n) is 20.4. The first-order chi connectivity index (χ1) is 16.9. The molecule has 0 bridgehead atoms. The zero-order chi connectivity index (χ0) is 24.5. The third kappa shape index (κ3) is 4.87. The van der Waals surface area contributed by atoms with Gasteiger partial charge in [-0.15, -0.1) is 5.10 Å². The van der Waals surface area contributed by atoms with Gasteiger partial charge in [0.25, 0.3) is 6.43 Å². The Morgan fingerprint density at radius 2 is 2.00 bits per heavy atom. The van der Waals surface area contributed by atoms with Crippen LogP contribution in [0.5, 0.6) is 0 Å². The average Bonchev–Trinajstić information content (AvgIpc) is 3.32. The molecule has 0 unspecified atom stereocenters. The van der Waals surface area contributed by atoms with Crippen LogP contribution in [0.3, 0.4) is 0 Å². The molecule has 7 nitrogen and oxygen atoms in total. The van der Waals surface area contributed by atoms with Crippen molar-refractivity contribution in [3.8, 4) is 0 Å². The minimum atomic E-state index is -2.46. The van der Waals surface area contributed by atoms with Crippen molar-refractivity contribution in [2.24, 2.45) is 0 Å². The molecular formula is C26H33F2N7. The van der Waals surface area contributed by atoms with E-state index >= 15 is 0 Å². The number of nitrogens with one attached hydrogen (secondary N) is 1. The Kier molecular flexibility index (Phi) is 6.69. The number of nitrogens with zero attached hydrogens (tertiary/aromatic N) is 6. The predicted molar refractivity (Wildman–Crippen MR) is 135 cm³/mol. The summed E-state index contributed by atoms with van der Waals surface area (Å²) in [5, 5.41) is 8.19. The van der Waals surface area contributed by atoms with E-state index in [4.69, 9.17) is 0 Å². The molecule has 0 radical (unpaired) electrons. The maximum Gasteiger partial charge on any atom is 0.256 e. The van der Waals surface area contributed by atoms with Gasteiger partial charge in [-0.25, -0.2) is 23.3 Å². The molecular weight excluding hydrogens is 448 g/mol. The van der Waals surface area contributed by atoms with Gasteiger partial charge >= 0.3 is 0 Å². The number of aryl methyl sites for hydroxylation is 2. The molecule has 186 valence electrons. The Hall–Kier alpha value is -3.07. The topological polar surface area (TPSA) is 63.3 Å². The second kappa shape index (κ2) is 9.89. The largest absolute Gasteiger partial charge is 0.350 e. The van der Waals surface area contributed by atoms with E-state index in [-0.39, 0.29) is 0 Å². The maximum atomic E-state index is 13.2. The Morgan fingerprint density at radius 3 is 2.66 bits per heavy atom. The van der Waals surface area contributed by atoms with Gasteiger partial charge in [-0.1, -0.05) is 19.1 Å². The molecule has 1 aliphatic carbocycles. The van der Waals surface area contributed by atoms with E-state index < -0.39 is 13.0 Å². The Morgan fingerprint density at radius 1 is 1.23 bits per heavy atom. The molecule has 2 aliphatic rings. The van der Waals surface area contributed by atoms with Crippen LogP contribution in [-0.2, 0) is 6.54 Å². The fourth-order valence-corrected chi connectivity index (χ4v) is 5.23. The molecule has 3 aromatic heterocycles. The van der Waals surface area contributed by atoms with Gasteiger partial charge in [-0.2, -0.15) is 0 Å². The molecule has 2 fully saturated rings. The van der Waals surface area contributed by atoms with Gasteiger partial charge in [-0.05, 0) is 57.2 Å². The number of alkyl halides is 2. The van der Waals surface area contributed by atoms with Crippen molar-refractivity contribution in [2.45, 2.75) is 71.0 Å². The van der Waals surface area contributed by atoms with Crippen LogP contribution in [0.15, 0.2) is 31.1 Å². The summed E-state index contributed by atoms with van der Waals surface area (Å²) in [5.41, 5.74) is 3.89. The van der Waals surface area contributed by atoms with Gasteiger partial charge in [0.05, 0.1) is 29.6 Å². The molecule has 0 atom stereocenters. The van der Waals surface area contributed by atoms with Crippen molar-refractivity contribution in [3.63, 3.8) is 0 Å². The lowest BCUT2D eigenvalue weighted by Gasteiger charge is -2.41. The smallest absolute Gasteiger partial charge is 0.256 e. The van der Waals surface area contributed by atoms with Crippen LogP contribution in [0, 0.1) is 13.8 Å².